The summed E-state index contributed by atoms with van der Waals surface area (Å²) < 4.78 is 11.9. The number of hydrogen-bond acceptors (Lipinski definition) is 8. The van der Waals surface area contributed by atoms with E-state index in [1.807, 2.05) is 48.5 Å². The van der Waals surface area contributed by atoms with Crippen LogP contribution in [0.4, 0.5) is 22.7 Å². The number of fused-ring (bicyclic) bond motifs is 4. The van der Waals surface area contributed by atoms with Gasteiger partial charge in [-0.15, -0.1) is 0 Å². The first-order valence-electron chi connectivity index (χ1n) is 12.5. The zero-order chi connectivity index (χ0) is 27.1. The van der Waals surface area contributed by atoms with Crippen LogP contribution in [0.2, 0.25) is 0 Å². The Hall–Kier alpha value is -5.76. The number of carbonyl (C=O) groups excluding carboxylic acids is 2. The molecule has 0 N–H and O–H groups in total. The molecule has 0 aromatic heterocycles. The maximum Gasteiger partial charge on any atom is 0.363 e. The minimum Gasteiger partial charge on any atom is -0.453 e. The number of anilines is 4. The molecule has 0 fully saturated rings. The highest BCUT2D eigenvalue weighted by Crippen LogP contribution is 2.47. The minimum atomic E-state index is -0.650. The Morgan fingerprint density at radius 2 is 0.775 bits per heavy atom. The van der Waals surface area contributed by atoms with Crippen molar-refractivity contribution in [1.29, 1.82) is 0 Å². The zero-order valence-electron chi connectivity index (χ0n) is 20.9. The summed E-state index contributed by atoms with van der Waals surface area (Å²) in [5.74, 6) is 0.913. The fourth-order valence-electron chi connectivity index (χ4n) is 4.58. The van der Waals surface area contributed by atoms with Crippen molar-refractivity contribution in [3.8, 4) is 23.0 Å². The normalized spacial score (nSPS) is 12.5. The van der Waals surface area contributed by atoms with Crippen molar-refractivity contribution in [3.05, 3.63) is 132 Å². The Labute approximate surface area is 229 Å². The standard InChI is InChI=1S/C32H20N2O6/c35-31(39-33-23-12-1-5-16-27(23)37-28-17-6-2-13-24(28)33)21-10-9-11-22(20-21)32(36)40-34-25-14-3-7-18-29(25)38-30-19-8-4-15-26(30)34/h1-20H. The van der Waals surface area contributed by atoms with Crippen LogP contribution < -0.4 is 19.6 Å². The van der Waals surface area contributed by atoms with Crippen LogP contribution in [0.15, 0.2) is 121 Å². The molecule has 0 amide bonds. The summed E-state index contributed by atoms with van der Waals surface area (Å²) in [5, 5.41) is 2.87. The smallest absolute Gasteiger partial charge is 0.363 e. The van der Waals surface area contributed by atoms with Gasteiger partial charge < -0.3 is 19.1 Å². The number of carbonyl (C=O) groups is 2. The topological polar surface area (TPSA) is 77.5 Å². The molecule has 0 radical (unpaired) electrons. The van der Waals surface area contributed by atoms with Crippen molar-refractivity contribution < 1.29 is 28.7 Å². The van der Waals surface area contributed by atoms with E-state index >= 15 is 0 Å². The first-order chi connectivity index (χ1) is 19.7. The monoisotopic (exact) mass is 528 g/mol. The molecule has 0 unspecified atom stereocenters. The average Bonchev–Trinajstić information content (AvgIpc) is 3.00. The van der Waals surface area contributed by atoms with Gasteiger partial charge in [0.25, 0.3) is 0 Å². The summed E-state index contributed by atoms with van der Waals surface area (Å²) in [6.45, 7) is 0. The molecule has 8 heteroatoms. The Morgan fingerprint density at radius 1 is 0.450 bits per heavy atom. The molecule has 2 heterocycles. The molecule has 2 aliphatic heterocycles. The van der Waals surface area contributed by atoms with Gasteiger partial charge in [-0.25, -0.2) is 9.59 Å². The lowest BCUT2D eigenvalue weighted by molar-refractivity contribution is 0.0497. The Morgan fingerprint density at radius 3 is 1.12 bits per heavy atom. The lowest BCUT2D eigenvalue weighted by Crippen LogP contribution is -2.26. The summed E-state index contributed by atoms with van der Waals surface area (Å²) in [6.07, 6.45) is 0. The van der Waals surface area contributed by atoms with Crippen molar-refractivity contribution in [2.24, 2.45) is 0 Å². The van der Waals surface area contributed by atoms with Crippen LogP contribution in [0.5, 0.6) is 23.0 Å². The number of benzene rings is 5. The van der Waals surface area contributed by atoms with Gasteiger partial charge in [0.05, 0.1) is 11.1 Å². The van der Waals surface area contributed by atoms with Crippen molar-refractivity contribution >= 4 is 34.7 Å². The van der Waals surface area contributed by atoms with Gasteiger partial charge in [-0.3, -0.25) is 0 Å². The van der Waals surface area contributed by atoms with Crippen LogP contribution in [0, 0.1) is 0 Å². The molecule has 8 nitrogen and oxygen atoms in total. The Balaban J connectivity index is 1.16. The van der Waals surface area contributed by atoms with Gasteiger partial charge in [-0.05, 0) is 66.7 Å². The number of hydrogen-bond donors (Lipinski definition) is 0. The lowest BCUT2D eigenvalue weighted by atomic mass is 10.1. The molecule has 5 aromatic rings. The second-order valence-corrected chi connectivity index (χ2v) is 9.00. The van der Waals surface area contributed by atoms with Gasteiger partial charge >= 0.3 is 11.9 Å². The molecule has 0 bridgehead atoms. The molecule has 5 aromatic carbocycles. The van der Waals surface area contributed by atoms with Crippen molar-refractivity contribution in [2.75, 3.05) is 10.1 Å². The van der Waals surface area contributed by atoms with E-state index in [4.69, 9.17) is 19.1 Å². The maximum absolute atomic E-state index is 13.3. The van der Waals surface area contributed by atoms with E-state index in [2.05, 4.69) is 0 Å². The van der Waals surface area contributed by atoms with Gasteiger partial charge in [-0.2, -0.15) is 10.1 Å². The average molecular weight is 529 g/mol. The van der Waals surface area contributed by atoms with Gasteiger partial charge in [0.2, 0.25) is 0 Å². The third kappa shape index (κ3) is 4.04. The van der Waals surface area contributed by atoms with Crippen LogP contribution >= 0.6 is 0 Å². The van der Waals surface area contributed by atoms with Crippen LogP contribution in [0.25, 0.3) is 0 Å². The summed E-state index contributed by atoms with van der Waals surface area (Å²) in [6, 6.07) is 35.3. The minimum absolute atomic E-state index is 0.179. The van der Waals surface area contributed by atoms with E-state index < -0.39 is 11.9 Å². The van der Waals surface area contributed by atoms with E-state index in [0.717, 1.165) is 0 Å². The molecular weight excluding hydrogens is 508 g/mol. The first kappa shape index (κ1) is 23.4. The molecule has 0 saturated heterocycles. The van der Waals surface area contributed by atoms with Gasteiger partial charge in [0.1, 0.15) is 22.7 Å². The molecule has 0 atom stereocenters. The number of para-hydroxylation sites is 8. The maximum atomic E-state index is 13.3. The van der Waals surface area contributed by atoms with Crippen molar-refractivity contribution in [1.82, 2.24) is 0 Å². The third-order valence-electron chi connectivity index (χ3n) is 6.46. The molecule has 0 aliphatic carbocycles. The second kappa shape index (κ2) is 9.52. The van der Waals surface area contributed by atoms with Crippen LogP contribution in [-0.2, 0) is 9.68 Å². The molecule has 2 aliphatic rings. The quantitative estimate of drug-likeness (QED) is 0.235. The predicted octanol–water partition coefficient (Wildman–Crippen LogP) is 7.72. The number of rotatable bonds is 4. The van der Waals surface area contributed by atoms with E-state index in [1.54, 1.807) is 66.7 Å². The van der Waals surface area contributed by atoms with Gasteiger partial charge in [0, 0.05) is 0 Å². The molecular formula is C32H20N2O6. The summed E-state index contributed by atoms with van der Waals surface area (Å²) in [5.41, 5.74) is 2.67. The molecule has 194 valence electrons. The summed E-state index contributed by atoms with van der Waals surface area (Å²) in [7, 11) is 0. The van der Waals surface area contributed by atoms with Gasteiger partial charge in [-0.1, -0.05) is 54.6 Å². The molecule has 40 heavy (non-hydrogen) atoms. The Kier molecular flexibility index (Phi) is 5.56. The first-order valence-corrected chi connectivity index (χ1v) is 12.5. The SMILES string of the molecule is O=C(ON1c2ccccc2Oc2ccccc21)c1cccc(C(=O)ON2c3ccccc3Oc3ccccc32)c1. The van der Waals surface area contributed by atoms with Crippen LogP contribution in [0.3, 0.4) is 0 Å². The number of ether oxygens (including phenoxy) is 2. The van der Waals surface area contributed by atoms with E-state index in [0.29, 0.717) is 45.7 Å². The van der Waals surface area contributed by atoms with E-state index in [-0.39, 0.29) is 11.1 Å². The predicted molar refractivity (Wildman–Crippen MR) is 147 cm³/mol. The fraction of sp³-hybridized carbons (Fsp3) is 0. The third-order valence-corrected chi connectivity index (χ3v) is 6.46. The second-order valence-electron chi connectivity index (χ2n) is 9.00. The highest BCUT2D eigenvalue weighted by atomic mass is 16.7. The summed E-state index contributed by atoms with van der Waals surface area (Å²) >= 11 is 0. The zero-order valence-corrected chi connectivity index (χ0v) is 20.9. The highest BCUT2D eigenvalue weighted by Gasteiger charge is 2.30. The largest absolute Gasteiger partial charge is 0.453 e. The van der Waals surface area contributed by atoms with E-state index in [1.165, 1.54) is 16.2 Å². The molecule has 0 saturated carbocycles. The highest BCUT2D eigenvalue weighted by molar-refractivity contribution is 5.97. The van der Waals surface area contributed by atoms with Crippen molar-refractivity contribution in [2.45, 2.75) is 0 Å². The fourth-order valence-corrected chi connectivity index (χ4v) is 4.58. The lowest BCUT2D eigenvalue weighted by Gasteiger charge is -2.31. The molecule has 7 rings (SSSR count). The van der Waals surface area contributed by atoms with E-state index in [9.17, 15) is 9.59 Å². The van der Waals surface area contributed by atoms with Gasteiger partial charge in [0.15, 0.2) is 23.0 Å². The number of nitrogens with zero attached hydrogens (tertiary/aromatic N) is 2. The van der Waals surface area contributed by atoms with Crippen LogP contribution in [0.1, 0.15) is 20.7 Å². The van der Waals surface area contributed by atoms with Crippen LogP contribution in [-0.4, -0.2) is 11.9 Å². The van der Waals surface area contributed by atoms with Crippen molar-refractivity contribution in [3.63, 3.8) is 0 Å². The Bertz CT molecular complexity index is 1570. The summed E-state index contributed by atoms with van der Waals surface area (Å²) in [4.78, 5) is 38.4. The molecule has 0 spiro atoms.